The molecule has 1 rings (SSSR count). The Morgan fingerprint density at radius 1 is 1.56 bits per heavy atom. The Bertz CT molecular complexity index is 412. The third-order valence-corrected chi connectivity index (χ3v) is 2.88. The fourth-order valence-corrected chi connectivity index (χ4v) is 1.76. The van der Waals surface area contributed by atoms with Gasteiger partial charge in [-0.1, -0.05) is 34.1 Å². The quantitative estimate of drug-likeness (QED) is 0.798. The van der Waals surface area contributed by atoms with E-state index < -0.39 is 11.9 Å². The van der Waals surface area contributed by atoms with Crippen LogP contribution in [0.4, 0.5) is 0 Å². The highest BCUT2D eigenvalue weighted by Gasteiger charge is 2.20. The first-order valence-electron chi connectivity index (χ1n) is 4.98. The number of rotatable bonds is 4. The maximum Gasteiger partial charge on any atom is 0.323 e. The molecule has 0 radical (unpaired) electrons. The lowest BCUT2D eigenvalue weighted by Gasteiger charge is -2.09. The second-order valence-electron chi connectivity index (χ2n) is 3.23. The summed E-state index contributed by atoms with van der Waals surface area (Å²) < 4.78 is 5.73. The molecule has 0 amide bonds. The van der Waals surface area contributed by atoms with E-state index in [0.29, 0.717) is 13.0 Å². The molecule has 0 N–H and O–H groups in total. The number of hydrogen-bond donors (Lipinski definition) is 0. The summed E-state index contributed by atoms with van der Waals surface area (Å²) in [5.41, 5.74) is 0.933. The van der Waals surface area contributed by atoms with Crippen molar-refractivity contribution in [2.45, 2.75) is 13.3 Å². The van der Waals surface area contributed by atoms with Gasteiger partial charge in [-0.2, -0.15) is 5.26 Å². The zero-order valence-corrected chi connectivity index (χ0v) is 10.5. The fourth-order valence-electron chi connectivity index (χ4n) is 1.31. The summed E-state index contributed by atoms with van der Waals surface area (Å²) in [5, 5.41) is 8.91. The first kappa shape index (κ1) is 12.7. The van der Waals surface area contributed by atoms with E-state index in [0.717, 1.165) is 10.0 Å². The largest absolute Gasteiger partial charge is 0.465 e. The van der Waals surface area contributed by atoms with Crippen LogP contribution in [0.15, 0.2) is 28.7 Å². The smallest absolute Gasteiger partial charge is 0.323 e. The standard InChI is InChI=1S/C12H12BrNO2/c1-2-16-12(15)10(8-14)7-9-5-3-4-6-11(9)13/h3-6,10H,2,7H2,1H3. The van der Waals surface area contributed by atoms with Crippen LogP contribution in [0.25, 0.3) is 0 Å². The van der Waals surface area contributed by atoms with Gasteiger partial charge in [0.15, 0.2) is 0 Å². The lowest BCUT2D eigenvalue weighted by atomic mass is 10.0. The molecule has 0 spiro atoms. The summed E-state index contributed by atoms with van der Waals surface area (Å²) in [6.45, 7) is 2.03. The monoisotopic (exact) mass is 281 g/mol. The average molecular weight is 282 g/mol. The van der Waals surface area contributed by atoms with Crippen molar-refractivity contribution in [3.8, 4) is 6.07 Å². The van der Waals surface area contributed by atoms with Crippen LogP contribution in [0.1, 0.15) is 12.5 Å². The van der Waals surface area contributed by atoms with Crippen molar-refractivity contribution in [3.63, 3.8) is 0 Å². The second-order valence-corrected chi connectivity index (χ2v) is 4.08. The van der Waals surface area contributed by atoms with Gasteiger partial charge in [0.2, 0.25) is 0 Å². The summed E-state index contributed by atoms with van der Waals surface area (Å²) in [6, 6.07) is 9.50. The van der Waals surface area contributed by atoms with Gasteiger partial charge in [0, 0.05) is 4.47 Å². The summed E-state index contributed by atoms with van der Waals surface area (Å²) in [7, 11) is 0. The molecule has 0 aromatic heterocycles. The number of benzene rings is 1. The molecule has 4 heteroatoms. The number of ether oxygens (including phenoxy) is 1. The number of halogens is 1. The average Bonchev–Trinajstić information content (AvgIpc) is 2.28. The number of carbonyl (C=O) groups excluding carboxylic acids is 1. The van der Waals surface area contributed by atoms with Crippen molar-refractivity contribution in [1.82, 2.24) is 0 Å². The molecular formula is C12H12BrNO2. The van der Waals surface area contributed by atoms with E-state index in [2.05, 4.69) is 15.9 Å². The van der Waals surface area contributed by atoms with Crippen LogP contribution in [0.5, 0.6) is 0 Å². The van der Waals surface area contributed by atoms with Crippen LogP contribution in [-0.4, -0.2) is 12.6 Å². The van der Waals surface area contributed by atoms with Crippen molar-refractivity contribution in [3.05, 3.63) is 34.3 Å². The van der Waals surface area contributed by atoms with Crippen LogP contribution in [0.2, 0.25) is 0 Å². The molecule has 3 nitrogen and oxygen atoms in total. The molecule has 0 saturated heterocycles. The Labute approximate surface area is 103 Å². The third-order valence-electron chi connectivity index (χ3n) is 2.11. The van der Waals surface area contributed by atoms with Crippen molar-refractivity contribution >= 4 is 21.9 Å². The van der Waals surface area contributed by atoms with Gasteiger partial charge in [0.05, 0.1) is 12.7 Å². The number of carbonyl (C=O) groups is 1. The van der Waals surface area contributed by atoms with Gasteiger partial charge in [-0.15, -0.1) is 0 Å². The van der Waals surface area contributed by atoms with Crippen molar-refractivity contribution < 1.29 is 9.53 Å². The molecular weight excluding hydrogens is 270 g/mol. The van der Waals surface area contributed by atoms with E-state index >= 15 is 0 Å². The second kappa shape index (κ2) is 6.29. The predicted octanol–water partition coefficient (Wildman–Crippen LogP) is 2.69. The first-order chi connectivity index (χ1) is 7.69. The van der Waals surface area contributed by atoms with Crippen LogP contribution < -0.4 is 0 Å². The molecule has 0 aliphatic carbocycles. The molecule has 1 aromatic rings. The SMILES string of the molecule is CCOC(=O)C(C#N)Cc1ccccc1Br. The van der Waals surface area contributed by atoms with Gasteiger partial charge in [-0.3, -0.25) is 4.79 Å². The van der Waals surface area contributed by atoms with E-state index in [1.165, 1.54) is 0 Å². The van der Waals surface area contributed by atoms with E-state index in [1.54, 1.807) is 6.92 Å². The predicted molar refractivity (Wildman–Crippen MR) is 63.6 cm³/mol. The van der Waals surface area contributed by atoms with Crippen LogP contribution in [0.3, 0.4) is 0 Å². The van der Waals surface area contributed by atoms with Crippen molar-refractivity contribution in [2.24, 2.45) is 5.92 Å². The Hall–Kier alpha value is -1.34. The summed E-state index contributed by atoms with van der Waals surface area (Å²) >= 11 is 3.38. The maximum absolute atomic E-state index is 11.4. The van der Waals surface area contributed by atoms with E-state index in [9.17, 15) is 4.79 Å². The molecule has 0 bridgehead atoms. The van der Waals surface area contributed by atoms with Gasteiger partial charge < -0.3 is 4.74 Å². The molecule has 84 valence electrons. The zero-order chi connectivity index (χ0) is 12.0. The summed E-state index contributed by atoms with van der Waals surface area (Å²) in [6.07, 6.45) is 0.372. The lowest BCUT2D eigenvalue weighted by molar-refractivity contribution is -0.145. The Balaban J connectivity index is 2.75. The molecule has 0 aliphatic heterocycles. The highest BCUT2D eigenvalue weighted by atomic mass is 79.9. The normalized spacial score (nSPS) is 11.6. The van der Waals surface area contributed by atoms with Gasteiger partial charge in [0.1, 0.15) is 5.92 Å². The molecule has 1 aromatic carbocycles. The van der Waals surface area contributed by atoms with Gasteiger partial charge in [0.25, 0.3) is 0 Å². The number of nitriles is 1. The highest BCUT2D eigenvalue weighted by Crippen LogP contribution is 2.19. The Morgan fingerprint density at radius 2 is 2.25 bits per heavy atom. The topological polar surface area (TPSA) is 50.1 Å². The van der Waals surface area contributed by atoms with Gasteiger partial charge in [-0.25, -0.2) is 0 Å². The molecule has 1 atom stereocenters. The number of hydrogen-bond acceptors (Lipinski definition) is 3. The van der Waals surface area contributed by atoms with Gasteiger partial charge in [-0.05, 0) is 25.0 Å². The van der Waals surface area contributed by atoms with Crippen molar-refractivity contribution in [1.29, 1.82) is 5.26 Å². The summed E-state index contributed by atoms with van der Waals surface area (Å²) in [5.74, 6) is -1.19. The first-order valence-corrected chi connectivity index (χ1v) is 5.78. The Kier molecular flexibility index (Phi) is 5.00. The minimum Gasteiger partial charge on any atom is -0.465 e. The molecule has 0 heterocycles. The Morgan fingerprint density at radius 3 is 2.81 bits per heavy atom. The number of nitrogens with zero attached hydrogens (tertiary/aromatic N) is 1. The highest BCUT2D eigenvalue weighted by molar-refractivity contribution is 9.10. The van der Waals surface area contributed by atoms with E-state index in [1.807, 2.05) is 30.3 Å². The van der Waals surface area contributed by atoms with Crippen LogP contribution in [-0.2, 0) is 16.0 Å². The minimum absolute atomic E-state index is 0.299. The molecule has 0 aliphatic rings. The van der Waals surface area contributed by atoms with E-state index in [-0.39, 0.29) is 0 Å². The maximum atomic E-state index is 11.4. The summed E-state index contributed by atoms with van der Waals surface area (Å²) in [4.78, 5) is 11.4. The van der Waals surface area contributed by atoms with Crippen molar-refractivity contribution in [2.75, 3.05) is 6.61 Å². The number of esters is 1. The van der Waals surface area contributed by atoms with Crippen LogP contribution in [0, 0.1) is 17.2 Å². The molecule has 0 saturated carbocycles. The van der Waals surface area contributed by atoms with E-state index in [4.69, 9.17) is 10.00 Å². The lowest BCUT2D eigenvalue weighted by Crippen LogP contribution is -2.18. The third kappa shape index (κ3) is 3.35. The molecule has 16 heavy (non-hydrogen) atoms. The minimum atomic E-state index is -0.737. The molecule has 1 unspecified atom stereocenters. The zero-order valence-electron chi connectivity index (χ0n) is 8.94. The van der Waals surface area contributed by atoms with Crippen LogP contribution >= 0.6 is 15.9 Å². The fraction of sp³-hybridized carbons (Fsp3) is 0.333. The molecule has 0 fully saturated rings. The van der Waals surface area contributed by atoms with Gasteiger partial charge >= 0.3 is 5.97 Å².